The lowest BCUT2D eigenvalue weighted by molar-refractivity contribution is -0.209. The van der Waals surface area contributed by atoms with Crippen molar-refractivity contribution in [3.8, 4) is 0 Å². The molecule has 0 aromatic carbocycles. The van der Waals surface area contributed by atoms with Crippen molar-refractivity contribution in [2.75, 3.05) is 13.7 Å². The molecule has 0 aromatic heterocycles. The number of carbonyl (C=O) groups excluding carboxylic acids is 6. The minimum atomic E-state index is -1.58. The van der Waals surface area contributed by atoms with E-state index in [2.05, 4.69) is 4.74 Å². The van der Waals surface area contributed by atoms with Gasteiger partial charge in [-0.15, -0.1) is 0 Å². The molecule has 0 fully saturated rings. The van der Waals surface area contributed by atoms with E-state index in [0.717, 1.165) is 47.8 Å². The number of methoxy groups -OCH3 is 1. The molecule has 0 amide bonds. The van der Waals surface area contributed by atoms with Crippen LogP contribution in [0.3, 0.4) is 0 Å². The fourth-order valence-corrected chi connectivity index (χ4v) is 2.93. The Bertz CT molecular complexity index is 815. The van der Waals surface area contributed by atoms with E-state index in [-0.39, 0.29) is 0 Å². The minimum absolute atomic E-state index is 0.455. The number of hydrogen-bond donors (Lipinski definition) is 0. The predicted octanol–water partition coefficient (Wildman–Crippen LogP) is -0.268. The van der Waals surface area contributed by atoms with E-state index in [0.29, 0.717) is 0 Å². The molecule has 0 saturated heterocycles. The van der Waals surface area contributed by atoms with Gasteiger partial charge in [0.25, 0.3) is 0 Å². The number of rotatable bonds is 9. The first kappa shape index (κ1) is 27.4. The van der Waals surface area contributed by atoms with Gasteiger partial charge in [-0.3, -0.25) is 24.0 Å². The molecule has 0 aliphatic carbocycles. The van der Waals surface area contributed by atoms with E-state index < -0.39 is 78.7 Å². The van der Waals surface area contributed by atoms with Gasteiger partial charge in [0.1, 0.15) is 6.61 Å². The van der Waals surface area contributed by atoms with Crippen molar-refractivity contribution < 1.29 is 61.9 Å². The largest absolute Gasteiger partial charge is 0.475 e. The van der Waals surface area contributed by atoms with Crippen molar-refractivity contribution in [3.05, 3.63) is 11.8 Å². The monoisotopic (exact) mass is 474 g/mol. The van der Waals surface area contributed by atoms with E-state index in [9.17, 15) is 28.8 Å². The maximum atomic E-state index is 12.2. The van der Waals surface area contributed by atoms with Crippen LogP contribution < -0.4 is 0 Å². The summed E-state index contributed by atoms with van der Waals surface area (Å²) in [4.78, 5) is 70.4. The summed E-state index contributed by atoms with van der Waals surface area (Å²) < 4.78 is 36.0. The van der Waals surface area contributed by atoms with Gasteiger partial charge in [-0.2, -0.15) is 0 Å². The van der Waals surface area contributed by atoms with Gasteiger partial charge < -0.3 is 33.2 Å². The third-order valence-corrected chi connectivity index (χ3v) is 3.98. The molecule has 0 bridgehead atoms. The third kappa shape index (κ3) is 8.79. The molecule has 0 spiro atoms. The molecule has 1 rings (SSSR count). The quantitative estimate of drug-likeness (QED) is 0.317. The van der Waals surface area contributed by atoms with Crippen LogP contribution in [0.25, 0.3) is 0 Å². The van der Waals surface area contributed by atoms with Crippen molar-refractivity contribution in [1.29, 1.82) is 0 Å². The van der Waals surface area contributed by atoms with Gasteiger partial charge in [-0.1, -0.05) is 0 Å². The summed E-state index contributed by atoms with van der Waals surface area (Å²) >= 11 is 0. The summed E-state index contributed by atoms with van der Waals surface area (Å²) in [5.74, 6) is -5.49. The van der Waals surface area contributed by atoms with Crippen molar-refractivity contribution in [2.45, 2.75) is 65.1 Å². The van der Waals surface area contributed by atoms with Crippen molar-refractivity contribution in [3.63, 3.8) is 0 Å². The highest BCUT2D eigenvalue weighted by molar-refractivity contribution is 5.86. The zero-order valence-corrected chi connectivity index (χ0v) is 19.0. The van der Waals surface area contributed by atoms with E-state index in [1.807, 2.05) is 0 Å². The molecule has 1 aliphatic heterocycles. The van der Waals surface area contributed by atoms with Crippen LogP contribution in [0.5, 0.6) is 0 Å². The Morgan fingerprint density at radius 2 is 1.42 bits per heavy atom. The van der Waals surface area contributed by atoms with Crippen molar-refractivity contribution in [2.24, 2.45) is 0 Å². The zero-order chi connectivity index (χ0) is 25.3. The molecule has 184 valence electrons. The first-order valence-corrected chi connectivity index (χ1v) is 9.64. The summed E-state index contributed by atoms with van der Waals surface area (Å²) in [7, 11) is 1.06. The summed E-state index contributed by atoms with van der Waals surface area (Å²) in [6.45, 7) is 4.75. The topological polar surface area (TPSA) is 167 Å². The van der Waals surface area contributed by atoms with Crippen LogP contribution in [0, 0.1) is 0 Å². The average molecular weight is 474 g/mol. The second-order valence-electron chi connectivity index (χ2n) is 6.78. The van der Waals surface area contributed by atoms with Gasteiger partial charge in [0.05, 0.1) is 7.11 Å². The van der Waals surface area contributed by atoms with E-state index >= 15 is 0 Å². The third-order valence-electron chi connectivity index (χ3n) is 3.98. The van der Waals surface area contributed by atoms with Gasteiger partial charge in [-0.25, -0.2) is 4.79 Å². The molecule has 13 heteroatoms. The first-order chi connectivity index (χ1) is 15.3. The highest BCUT2D eigenvalue weighted by Crippen LogP contribution is 2.30. The van der Waals surface area contributed by atoms with Crippen LogP contribution in [0.1, 0.15) is 34.6 Å². The van der Waals surface area contributed by atoms with Crippen LogP contribution in [-0.2, 0) is 61.9 Å². The Hall–Kier alpha value is -3.64. The normalized spacial score (nSPS) is 21.2. The number of carbonyl (C=O) groups is 6. The maximum absolute atomic E-state index is 12.2. The molecule has 1 aliphatic rings. The molecule has 3 unspecified atom stereocenters. The van der Waals surface area contributed by atoms with Crippen molar-refractivity contribution >= 4 is 35.8 Å². The molecule has 0 radical (unpaired) electrons. The van der Waals surface area contributed by atoms with E-state index in [1.165, 1.54) is 0 Å². The van der Waals surface area contributed by atoms with E-state index in [4.69, 9.17) is 28.4 Å². The Labute approximate surface area is 189 Å². The Balaban J connectivity index is 3.58. The summed E-state index contributed by atoms with van der Waals surface area (Å²) in [6, 6.07) is 0. The number of ether oxygens (including phenoxy) is 7. The second kappa shape index (κ2) is 12.4. The fraction of sp³-hybridized carbons (Fsp3) is 0.600. The van der Waals surface area contributed by atoms with Crippen LogP contribution in [-0.4, -0.2) is 80.1 Å². The van der Waals surface area contributed by atoms with Gasteiger partial charge in [0.15, 0.2) is 30.5 Å². The van der Waals surface area contributed by atoms with E-state index in [1.54, 1.807) is 0 Å². The maximum Gasteiger partial charge on any atom is 0.373 e. The highest BCUT2D eigenvalue weighted by atomic mass is 16.6. The molecule has 0 saturated carbocycles. The molecule has 13 nitrogen and oxygen atoms in total. The lowest BCUT2D eigenvalue weighted by Gasteiger charge is -2.40. The molecule has 0 aromatic rings. The first-order valence-electron chi connectivity index (χ1n) is 9.64. The Kier molecular flexibility index (Phi) is 10.3. The average Bonchev–Trinajstić information content (AvgIpc) is 2.68. The number of hydrogen-bond acceptors (Lipinski definition) is 13. The lowest BCUT2D eigenvalue weighted by atomic mass is 9.95. The smallest absolute Gasteiger partial charge is 0.373 e. The predicted molar refractivity (Wildman–Crippen MR) is 104 cm³/mol. The highest BCUT2D eigenvalue weighted by Gasteiger charge is 2.50. The molecule has 33 heavy (non-hydrogen) atoms. The van der Waals surface area contributed by atoms with Gasteiger partial charge in [0.2, 0.25) is 5.76 Å². The minimum Gasteiger partial charge on any atom is -0.475 e. The molecule has 0 N–H and O–H groups in total. The molecular weight excluding hydrogens is 448 g/mol. The summed E-state index contributed by atoms with van der Waals surface area (Å²) in [5, 5.41) is 0. The van der Waals surface area contributed by atoms with Crippen molar-refractivity contribution in [1.82, 2.24) is 0 Å². The standard InChI is InChI=1S/C20H26O13/c1-9(21)28-8-16(30-11(3)23)18(32-13(5)25)19-17(31-12(4)24)14(29-10(2)22)7-15(33-19)20(26)27-6/h7,14,16-19H,8H2,1-6H3/t14?,16-,17?,18-,19?/m1/s1. The SMILES string of the molecule is COC(=O)C1=CC(OC(C)=O)C(OC(C)=O)C([C@H](OC(C)=O)[C@@H](COC(C)=O)OC(C)=O)O1. The van der Waals surface area contributed by atoms with Crippen LogP contribution in [0.15, 0.2) is 11.8 Å². The van der Waals surface area contributed by atoms with Crippen LogP contribution >= 0.6 is 0 Å². The molecule has 1 heterocycles. The zero-order valence-electron chi connectivity index (χ0n) is 19.0. The van der Waals surface area contributed by atoms with Crippen LogP contribution in [0.4, 0.5) is 0 Å². The Morgan fingerprint density at radius 1 is 0.848 bits per heavy atom. The lowest BCUT2D eigenvalue weighted by Crippen LogP contribution is -2.57. The molecular formula is C20H26O13. The molecule has 5 atom stereocenters. The van der Waals surface area contributed by atoms with Gasteiger partial charge in [0, 0.05) is 40.7 Å². The summed E-state index contributed by atoms with van der Waals surface area (Å²) in [5.41, 5.74) is 0. The number of esters is 6. The summed E-state index contributed by atoms with van der Waals surface area (Å²) in [6.07, 6.45) is -6.37. The Morgan fingerprint density at radius 3 is 1.88 bits per heavy atom. The fourth-order valence-electron chi connectivity index (χ4n) is 2.93. The van der Waals surface area contributed by atoms with Crippen LogP contribution in [0.2, 0.25) is 0 Å². The van der Waals surface area contributed by atoms with Gasteiger partial charge in [-0.05, 0) is 0 Å². The van der Waals surface area contributed by atoms with Gasteiger partial charge >= 0.3 is 35.8 Å². The second-order valence-corrected chi connectivity index (χ2v) is 6.78.